The summed E-state index contributed by atoms with van der Waals surface area (Å²) in [6.07, 6.45) is 3.31. The van der Waals surface area contributed by atoms with Crippen LogP contribution in [0.4, 0.5) is 9.59 Å². The Morgan fingerprint density at radius 3 is 2.37 bits per heavy atom. The van der Waals surface area contributed by atoms with Gasteiger partial charge in [-0.25, -0.2) is 20.0 Å². The molecule has 3 rings (SSSR count). The maximum absolute atomic E-state index is 13.0. The Labute approximate surface area is 177 Å². The van der Waals surface area contributed by atoms with E-state index in [1.165, 1.54) is 5.01 Å². The van der Waals surface area contributed by atoms with Gasteiger partial charge in [0.1, 0.15) is 11.2 Å². The van der Waals surface area contributed by atoms with Gasteiger partial charge in [-0.15, -0.1) is 0 Å². The van der Waals surface area contributed by atoms with Crippen LogP contribution in [-0.4, -0.2) is 39.4 Å². The van der Waals surface area contributed by atoms with Crippen LogP contribution in [-0.2, 0) is 9.47 Å². The van der Waals surface area contributed by atoms with E-state index in [1.54, 1.807) is 41.5 Å². The summed E-state index contributed by atoms with van der Waals surface area (Å²) >= 11 is 0. The SMILES string of the molecule is CC(C)(C)OC(=O)NN(C(=O)OC(C)(C)C)[C@H]1CC=C[C@@H]1c1cc2ccccc2[nH]1. The molecule has 30 heavy (non-hydrogen) atoms. The van der Waals surface area contributed by atoms with Crippen molar-refractivity contribution in [1.29, 1.82) is 0 Å². The van der Waals surface area contributed by atoms with Crippen LogP contribution in [0.1, 0.15) is 59.6 Å². The van der Waals surface area contributed by atoms with E-state index < -0.39 is 23.4 Å². The minimum Gasteiger partial charge on any atom is -0.443 e. The van der Waals surface area contributed by atoms with Crippen molar-refractivity contribution >= 4 is 23.1 Å². The lowest BCUT2D eigenvalue weighted by Gasteiger charge is -2.34. The number of ether oxygens (including phenoxy) is 2. The molecule has 2 atom stereocenters. The van der Waals surface area contributed by atoms with Crippen LogP contribution in [0.25, 0.3) is 10.9 Å². The van der Waals surface area contributed by atoms with E-state index in [0.29, 0.717) is 6.42 Å². The number of hydrazine groups is 1. The van der Waals surface area contributed by atoms with Crippen molar-refractivity contribution in [3.8, 4) is 0 Å². The molecule has 1 aliphatic carbocycles. The summed E-state index contributed by atoms with van der Waals surface area (Å²) in [5.74, 6) is -0.125. The number of carbonyl (C=O) groups excluding carboxylic acids is 2. The highest BCUT2D eigenvalue weighted by atomic mass is 16.6. The minimum absolute atomic E-state index is 0.125. The van der Waals surface area contributed by atoms with Crippen LogP contribution >= 0.6 is 0 Å². The molecular formula is C23H31N3O4. The van der Waals surface area contributed by atoms with Crippen LogP contribution in [0.3, 0.4) is 0 Å². The molecule has 0 unspecified atom stereocenters. The van der Waals surface area contributed by atoms with Crippen molar-refractivity contribution in [2.75, 3.05) is 0 Å². The van der Waals surface area contributed by atoms with E-state index in [2.05, 4.69) is 16.5 Å². The fraction of sp³-hybridized carbons (Fsp3) is 0.478. The number of rotatable bonds is 2. The van der Waals surface area contributed by atoms with Gasteiger partial charge in [0.2, 0.25) is 0 Å². The molecule has 1 aliphatic rings. The lowest BCUT2D eigenvalue weighted by atomic mass is 9.99. The number of H-pyrrole nitrogens is 1. The number of nitrogens with zero attached hydrogens (tertiary/aromatic N) is 1. The van der Waals surface area contributed by atoms with Gasteiger partial charge in [0.25, 0.3) is 0 Å². The second-order valence-corrected chi connectivity index (χ2v) is 9.53. The van der Waals surface area contributed by atoms with Gasteiger partial charge in [-0.1, -0.05) is 30.4 Å². The van der Waals surface area contributed by atoms with E-state index in [4.69, 9.17) is 9.47 Å². The highest BCUT2D eigenvalue weighted by Gasteiger charge is 2.38. The van der Waals surface area contributed by atoms with Crippen LogP contribution < -0.4 is 5.43 Å². The van der Waals surface area contributed by atoms with Gasteiger partial charge >= 0.3 is 12.2 Å². The predicted octanol–water partition coefficient (Wildman–Crippen LogP) is 5.26. The van der Waals surface area contributed by atoms with Crippen molar-refractivity contribution in [2.45, 2.75) is 71.1 Å². The fourth-order valence-electron chi connectivity index (χ4n) is 3.47. The number of benzene rings is 1. The molecule has 0 radical (unpaired) electrons. The number of para-hydroxylation sites is 1. The van der Waals surface area contributed by atoms with Gasteiger partial charge in [0, 0.05) is 17.1 Å². The Morgan fingerprint density at radius 2 is 1.73 bits per heavy atom. The molecule has 1 aromatic heterocycles. The lowest BCUT2D eigenvalue weighted by molar-refractivity contribution is -0.0101. The predicted molar refractivity (Wildman–Crippen MR) is 116 cm³/mol. The van der Waals surface area contributed by atoms with Gasteiger partial charge in [0.15, 0.2) is 0 Å². The first-order valence-electron chi connectivity index (χ1n) is 10.2. The Morgan fingerprint density at radius 1 is 1.07 bits per heavy atom. The lowest BCUT2D eigenvalue weighted by Crippen LogP contribution is -2.55. The molecule has 2 N–H and O–H groups in total. The molecule has 0 saturated heterocycles. The first kappa shape index (κ1) is 21.7. The third kappa shape index (κ3) is 5.34. The van der Waals surface area contributed by atoms with Crippen molar-refractivity contribution in [3.05, 3.63) is 48.2 Å². The average molecular weight is 414 g/mol. The molecule has 1 aromatic carbocycles. The zero-order valence-electron chi connectivity index (χ0n) is 18.5. The monoisotopic (exact) mass is 413 g/mol. The first-order valence-corrected chi connectivity index (χ1v) is 10.2. The Hall–Kier alpha value is -2.96. The Kier molecular flexibility index (Phi) is 5.83. The number of hydrogen-bond donors (Lipinski definition) is 2. The zero-order valence-corrected chi connectivity index (χ0v) is 18.5. The zero-order chi connectivity index (χ0) is 22.1. The van der Waals surface area contributed by atoms with E-state index in [0.717, 1.165) is 16.6 Å². The van der Waals surface area contributed by atoms with Crippen LogP contribution in [0.5, 0.6) is 0 Å². The third-order valence-corrected chi connectivity index (χ3v) is 4.58. The molecule has 2 aromatic rings. The Bertz CT molecular complexity index is 916. The maximum atomic E-state index is 13.0. The molecule has 0 spiro atoms. The maximum Gasteiger partial charge on any atom is 0.429 e. The topological polar surface area (TPSA) is 83.7 Å². The third-order valence-electron chi connectivity index (χ3n) is 4.58. The number of fused-ring (bicyclic) bond motifs is 1. The second-order valence-electron chi connectivity index (χ2n) is 9.53. The van der Waals surface area contributed by atoms with Crippen molar-refractivity contribution in [1.82, 2.24) is 15.4 Å². The minimum atomic E-state index is -0.701. The molecule has 1 heterocycles. The average Bonchev–Trinajstić information content (AvgIpc) is 3.22. The first-order chi connectivity index (χ1) is 13.9. The van der Waals surface area contributed by atoms with Gasteiger partial charge in [-0.05, 0) is 65.5 Å². The highest BCUT2D eigenvalue weighted by molar-refractivity contribution is 5.81. The Balaban J connectivity index is 1.88. The molecule has 0 saturated carbocycles. The molecule has 0 aliphatic heterocycles. The summed E-state index contributed by atoms with van der Waals surface area (Å²) in [4.78, 5) is 28.9. The second kappa shape index (κ2) is 8.05. The number of aromatic amines is 1. The number of carbonyl (C=O) groups is 2. The molecule has 0 fully saturated rings. The molecule has 162 valence electrons. The summed E-state index contributed by atoms with van der Waals surface area (Å²) in [7, 11) is 0. The quantitative estimate of drug-likeness (QED) is 0.520. The molecular weight excluding hydrogens is 382 g/mol. The highest BCUT2D eigenvalue weighted by Crippen LogP contribution is 2.34. The van der Waals surface area contributed by atoms with Gasteiger partial charge in [-0.2, -0.15) is 0 Å². The smallest absolute Gasteiger partial charge is 0.429 e. The summed E-state index contributed by atoms with van der Waals surface area (Å²) in [5, 5.41) is 2.35. The van der Waals surface area contributed by atoms with E-state index in [9.17, 15) is 9.59 Å². The van der Waals surface area contributed by atoms with E-state index >= 15 is 0 Å². The summed E-state index contributed by atoms with van der Waals surface area (Å²) in [6, 6.07) is 9.73. The van der Waals surface area contributed by atoms with Crippen molar-refractivity contribution in [3.63, 3.8) is 0 Å². The standard InChI is InChI=1S/C23H31N3O4/c1-22(2,3)29-20(27)25-26(21(28)30-23(4,5)6)19-13-9-11-16(19)18-14-15-10-7-8-12-17(15)24-18/h7-12,14,16,19,24H,13H2,1-6H3,(H,25,27)/t16-,19+/m1/s1. The van der Waals surface area contributed by atoms with Crippen LogP contribution in [0.2, 0.25) is 0 Å². The van der Waals surface area contributed by atoms with E-state index in [1.807, 2.05) is 36.4 Å². The van der Waals surface area contributed by atoms with Gasteiger partial charge in [0.05, 0.1) is 6.04 Å². The molecule has 7 nitrogen and oxygen atoms in total. The number of amides is 2. The number of aromatic nitrogens is 1. The van der Waals surface area contributed by atoms with Gasteiger partial charge < -0.3 is 14.5 Å². The molecule has 2 amide bonds. The molecule has 7 heteroatoms. The summed E-state index contributed by atoms with van der Waals surface area (Å²) in [5.41, 5.74) is 3.22. The van der Waals surface area contributed by atoms with Crippen molar-refractivity contribution in [2.24, 2.45) is 0 Å². The fourth-order valence-corrected chi connectivity index (χ4v) is 3.47. The summed E-state index contributed by atoms with van der Waals surface area (Å²) < 4.78 is 10.9. The van der Waals surface area contributed by atoms with Crippen LogP contribution in [0, 0.1) is 0 Å². The summed E-state index contributed by atoms with van der Waals surface area (Å²) in [6.45, 7) is 10.7. The molecule has 0 bridgehead atoms. The van der Waals surface area contributed by atoms with E-state index in [-0.39, 0.29) is 12.0 Å². The van der Waals surface area contributed by atoms with Gasteiger partial charge in [-0.3, -0.25) is 0 Å². The largest absolute Gasteiger partial charge is 0.443 e. The van der Waals surface area contributed by atoms with Crippen LogP contribution in [0.15, 0.2) is 42.5 Å². The number of nitrogens with one attached hydrogen (secondary N) is 2. The van der Waals surface area contributed by atoms with Crippen molar-refractivity contribution < 1.29 is 19.1 Å². The number of hydrogen-bond acceptors (Lipinski definition) is 4. The normalized spacial score (nSPS) is 19.0.